The Balaban J connectivity index is 1.71. The lowest BCUT2D eigenvalue weighted by Gasteiger charge is -2.37. The van der Waals surface area contributed by atoms with Crippen LogP contribution in [0.4, 0.5) is 0 Å². The zero-order valence-electron chi connectivity index (χ0n) is 19.2. The van der Waals surface area contributed by atoms with Gasteiger partial charge in [-0.1, -0.05) is 0 Å². The third kappa shape index (κ3) is 8.30. The van der Waals surface area contributed by atoms with Crippen molar-refractivity contribution < 1.29 is 17.9 Å². The zero-order chi connectivity index (χ0) is 22.0. The van der Waals surface area contributed by atoms with E-state index in [2.05, 4.69) is 20.1 Å². The summed E-state index contributed by atoms with van der Waals surface area (Å²) in [6.45, 7) is 11.3. The molecule has 0 spiro atoms. The Hall–Kier alpha value is -0.940. The first-order valence-corrected chi connectivity index (χ1v) is 12.7. The molecule has 0 aromatic rings. The molecule has 2 rings (SSSR count). The molecule has 2 aliphatic rings. The second-order valence-corrected chi connectivity index (χ2v) is 10.4. The largest absolute Gasteiger partial charge is 0.383 e. The van der Waals surface area contributed by atoms with Crippen LogP contribution >= 0.6 is 0 Å². The summed E-state index contributed by atoms with van der Waals surface area (Å²) in [5.74, 6) is 1.56. The molecule has 1 N–H and O–H groups in total. The van der Waals surface area contributed by atoms with Crippen LogP contribution < -0.4 is 5.32 Å². The van der Waals surface area contributed by atoms with Gasteiger partial charge in [-0.25, -0.2) is 8.42 Å². The van der Waals surface area contributed by atoms with Gasteiger partial charge in [-0.05, 0) is 45.7 Å². The van der Waals surface area contributed by atoms with E-state index in [4.69, 9.17) is 9.47 Å². The first-order valence-electron chi connectivity index (χ1n) is 11.1. The second kappa shape index (κ2) is 12.8. The molecule has 0 radical (unpaired) electrons. The molecule has 0 aromatic carbocycles. The van der Waals surface area contributed by atoms with Crippen LogP contribution in [-0.4, -0.2) is 120 Å². The summed E-state index contributed by atoms with van der Waals surface area (Å²) in [5.41, 5.74) is 0. The van der Waals surface area contributed by atoms with E-state index in [0.717, 1.165) is 38.7 Å². The number of rotatable bonds is 10. The van der Waals surface area contributed by atoms with E-state index in [0.29, 0.717) is 32.1 Å². The predicted octanol–water partition coefficient (Wildman–Crippen LogP) is 0.293. The molecule has 0 unspecified atom stereocenters. The molecule has 176 valence electrons. The van der Waals surface area contributed by atoms with Gasteiger partial charge in [0.1, 0.15) is 0 Å². The first-order chi connectivity index (χ1) is 14.4. The van der Waals surface area contributed by atoms with E-state index in [9.17, 15) is 8.42 Å². The lowest BCUT2D eigenvalue weighted by Crippen LogP contribution is -2.54. The molecule has 0 aromatic heterocycles. The fraction of sp³-hybridized carbons (Fsp3) is 0.950. The maximum Gasteiger partial charge on any atom is 0.216 e. The van der Waals surface area contributed by atoms with Crippen molar-refractivity contribution in [2.45, 2.75) is 32.8 Å². The second-order valence-electron chi connectivity index (χ2n) is 8.33. The summed E-state index contributed by atoms with van der Waals surface area (Å²) in [5, 5.41) is 3.51. The highest BCUT2D eigenvalue weighted by Crippen LogP contribution is 2.16. The molecule has 30 heavy (non-hydrogen) atoms. The summed E-state index contributed by atoms with van der Waals surface area (Å²) in [4.78, 5) is 9.04. The fourth-order valence-corrected chi connectivity index (χ4v) is 5.18. The van der Waals surface area contributed by atoms with Crippen molar-refractivity contribution in [3.63, 3.8) is 0 Å². The van der Waals surface area contributed by atoms with Gasteiger partial charge in [-0.2, -0.15) is 4.31 Å². The molecule has 0 saturated carbocycles. The van der Waals surface area contributed by atoms with Gasteiger partial charge in [-0.15, -0.1) is 0 Å². The summed E-state index contributed by atoms with van der Waals surface area (Å²) < 4.78 is 37.2. The SMILES string of the molecule is CN=C(NCC1CCN(CCOC)CC1)N1CCN(S(=O)(=O)CCOC(C)C)CC1. The van der Waals surface area contributed by atoms with Gasteiger partial charge in [0.25, 0.3) is 0 Å². The molecule has 10 heteroatoms. The molecule has 0 bridgehead atoms. The average molecular weight is 448 g/mol. The standard InChI is InChI=1S/C20H41N5O4S/c1-18(2)29-15-16-30(26,27)25-11-9-24(10-12-25)20(21-3)22-17-19-5-7-23(8-6-19)13-14-28-4/h18-19H,5-17H2,1-4H3,(H,21,22). The number of likely N-dealkylation sites (tertiary alicyclic amines) is 1. The van der Waals surface area contributed by atoms with Gasteiger partial charge in [0.15, 0.2) is 5.96 Å². The van der Waals surface area contributed by atoms with Crippen LogP contribution in [0.15, 0.2) is 4.99 Å². The third-order valence-electron chi connectivity index (χ3n) is 5.80. The Kier molecular flexibility index (Phi) is 10.8. The van der Waals surface area contributed by atoms with Crippen LogP contribution in [0.1, 0.15) is 26.7 Å². The molecular weight excluding hydrogens is 406 g/mol. The Bertz CT molecular complexity index is 613. The summed E-state index contributed by atoms with van der Waals surface area (Å²) >= 11 is 0. The number of methoxy groups -OCH3 is 1. The molecule has 0 aliphatic carbocycles. The van der Waals surface area contributed by atoms with Crippen LogP contribution in [0.2, 0.25) is 0 Å². The fourth-order valence-electron chi connectivity index (χ4n) is 3.90. The number of piperidine rings is 1. The third-order valence-corrected chi connectivity index (χ3v) is 7.64. The normalized spacial score (nSPS) is 20.8. The number of hydrogen-bond donors (Lipinski definition) is 1. The quantitative estimate of drug-likeness (QED) is 0.381. The minimum atomic E-state index is -3.27. The highest BCUT2D eigenvalue weighted by atomic mass is 32.2. The summed E-state index contributed by atoms with van der Waals surface area (Å²) in [6, 6.07) is 0. The van der Waals surface area contributed by atoms with Gasteiger partial charge < -0.3 is 24.6 Å². The maximum absolute atomic E-state index is 12.5. The minimum absolute atomic E-state index is 0.0429. The van der Waals surface area contributed by atoms with Crippen molar-refractivity contribution in [2.24, 2.45) is 10.9 Å². The van der Waals surface area contributed by atoms with Crippen molar-refractivity contribution in [2.75, 3.05) is 85.5 Å². The van der Waals surface area contributed by atoms with Crippen LogP contribution in [0.25, 0.3) is 0 Å². The molecule has 2 aliphatic heterocycles. The topological polar surface area (TPSA) is 86.7 Å². The van der Waals surface area contributed by atoms with Crippen LogP contribution in [0, 0.1) is 5.92 Å². The maximum atomic E-state index is 12.5. The van der Waals surface area contributed by atoms with Crippen LogP contribution in [-0.2, 0) is 19.5 Å². The molecule has 2 fully saturated rings. The molecule has 0 atom stereocenters. The van der Waals surface area contributed by atoms with Crippen molar-refractivity contribution in [3.05, 3.63) is 0 Å². The van der Waals surface area contributed by atoms with Crippen molar-refractivity contribution in [3.8, 4) is 0 Å². The van der Waals surface area contributed by atoms with Gasteiger partial charge in [0.2, 0.25) is 10.0 Å². The number of nitrogens with zero attached hydrogens (tertiary/aromatic N) is 4. The Morgan fingerprint density at radius 1 is 1.10 bits per heavy atom. The molecule has 0 amide bonds. The number of aliphatic imine (C=N–C) groups is 1. The lowest BCUT2D eigenvalue weighted by atomic mass is 9.97. The summed E-state index contributed by atoms with van der Waals surface area (Å²) in [6.07, 6.45) is 2.40. The highest BCUT2D eigenvalue weighted by Gasteiger charge is 2.28. The number of nitrogens with one attached hydrogen (secondary N) is 1. The van der Waals surface area contributed by atoms with Crippen LogP contribution in [0.5, 0.6) is 0 Å². The Morgan fingerprint density at radius 2 is 1.77 bits per heavy atom. The van der Waals surface area contributed by atoms with E-state index in [-0.39, 0.29) is 18.5 Å². The Morgan fingerprint density at radius 3 is 2.33 bits per heavy atom. The number of sulfonamides is 1. The molecule has 9 nitrogen and oxygen atoms in total. The lowest BCUT2D eigenvalue weighted by molar-refractivity contribution is 0.0904. The van der Waals surface area contributed by atoms with Crippen molar-refractivity contribution in [1.82, 2.24) is 19.4 Å². The molecule has 2 saturated heterocycles. The number of hydrogen-bond acceptors (Lipinski definition) is 6. The van der Waals surface area contributed by atoms with Gasteiger partial charge in [-0.3, -0.25) is 4.99 Å². The molecule has 2 heterocycles. The van der Waals surface area contributed by atoms with Crippen molar-refractivity contribution >= 4 is 16.0 Å². The Labute approximate surface area is 182 Å². The number of guanidine groups is 1. The van der Waals surface area contributed by atoms with Crippen LogP contribution in [0.3, 0.4) is 0 Å². The van der Waals surface area contributed by atoms with Gasteiger partial charge >= 0.3 is 0 Å². The first kappa shape index (κ1) is 25.3. The van der Waals surface area contributed by atoms with E-state index < -0.39 is 10.0 Å². The highest BCUT2D eigenvalue weighted by molar-refractivity contribution is 7.89. The zero-order valence-corrected chi connectivity index (χ0v) is 20.0. The monoisotopic (exact) mass is 447 g/mol. The predicted molar refractivity (Wildman–Crippen MR) is 120 cm³/mol. The average Bonchev–Trinajstić information content (AvgIpc) is 2.73. The number of ether oxygens (including phenoxy) is 2. The smallest absolute Gasteiger partial charge is 0.216 e. The van der Waals surface area contributed by atoms with E-state index >= 15 is 0 Å². The van der Waals surface area contributed by atoms with Gasteiger partial charge in [0.05, 0.1) is 25.1 Å². The van der Waals surface area contributed by atoms with Crippen molar-refractivity contribution in [1.29, 1.82) is 0 Å². The minimum Gasteiger partial charge on any atom is -0.383 e. The van der Waals surface area contributed by atoms with E-state index in [1.807, 2.05) is 13.8 Å². The molecular formula is C20H41N5O4S. The number of piperazine rings is 1. The summed E-state index contributed by atoms with van der Waals surface area (Å²) in [7, 11) is 0.274. The van der Waals surface area contributed by atoms with Gasteiger partial charge in [0, 0.05) is 53.4 Å². The van der Waals surface area contributed by atoms with E-state index in [1.54, 1.807) is 18.5 Å². The van der Waals surface area contributed by atoms with E-state index in [1.165, 1.54) is 12.8 Å².